The van der Waals surface area contributed by atoms with Crippen LogP contribution in [0.15, 0.2) is 48.1 Å². The summed E-state index contributed by atoms with van der Waals surface area (Å²) < 4.78 is 245. The average Bonchev–Trinajstić information content (AvgIpc) is 3.06. The zero-order chi connectivity index (χ0) is 44.1. The molecule has 3 N–H and O–H groups in total. The van der Waals surface area contributed by atoms with E-state index in [4.69, 9.17) is 14.4 Å². The zero-order valence-corrected chi connectivity index (χ0v) is 30.9. The largest absolute Gasteiger partial charge is 0.491 e. The Morgan fingerprint density at radius 2 is 1.18 bits per heavy atom. The molecule has 1 aromatic carbocycles. The van der Waals surface area contributed by atoms with Crippen LogP contribution < -0.4 is 10.2 Å². The molecule has 0 aliphatic rings. The molecule has 324 valence electrons. The number of hydrogen-bond donors (Lipinski definition) is 3. The predicted octanol–water partition coefficient (Wildman–Crippen LogP) is 10.7. The number of amides is 1. The molecule has 1 rings (SSSR count). The van der Waals surface area contributed by atoms with Crippen molar-refractivity contribution in [2.24, 2.45) is 0 Å². The van der Waals surface area contributed by atoms with Crippen molar-refractivity contribution in [3.63, 3.8) is 0 Å². The first kappa shape index (κ1) is 50.9. The normalized spacial score (nSPS) is 15.6. The quantitative estimate of drug-likeness (QED) is 0.0218. The van der Waals surface area contributed by atoms with Crippen LogP contribution in [0.4, 0.5) is 74.6 Å². The van der Waals surface area contributed by atoms with Crippen molar-refractivity contribution in [2.75, 3.05) is 13.2 Å². The van der Waals surface area contributed by atoms with Gasteiger partial charge in [0.15, 0.2) is 8.32 Å². The fourth-order valence-electron chi connectivity index (χ4n) is 5.34. The van der Waals surface area contributed by atoms with E-state index in [9.17, 15) is 84.5 Å². The molecular weight excluding hydrogens is 829 g/mol. The molecule has 0 radical (unpaired) electrons. The number of halogens is 17. The van der Waals surface area contributed by atoms with Crippen LogP contribution in [0.2, 0.25) is 17.1 Å². The van der Waals surface area contributed by atoms with Crippen molar-refractivity contribution >= 4 is 14.2 Å². The number of aliphatic hydroxyl groups is 1. The third-order valence-corrected chi connectivity index (χ3v) is 14.5. The highest BCUT2D eigenvalue weighted by molar-refractivity contribution is 6.76. The first-order valence-corrected chi connectivity index (χ1v) is 18.4. The summed E-state index contributed by atoms with van der Waals surface area (Å²) in [6, 6.07) is 4.35. The maximum absolute atomic E-state index is 14.8. The number of alkyl halides is 17. The van der Waals surface area contributed by atoms with E-state index >= 15 is 0 Å². The maximum atomic E-state index is 14.8. The Balaban J connectivity index is 3.17. The summed E-state index contributed by atoms with van der Waals surface area (Å²) in [5, 5.41) is 18.9. The summed E-state index contributed by atoms with van der Waals surface area (Å²) in [5.41, 5.74) is 0.541. The number of nitrogens with one attached hydrogen (secondary N) is 1. The van der Waals surface area contributed by atoms with Crippen LogP contribution >= 0.6 is 0 Å². The molecule has 1 atom stereocenters. The number of carbonyl (C=O) groups is 1. The molecule has 0 saturated heterocycles. The molecule has 0 bridgehead atoms. The molecule has 0 heterocycles. The van der Waals surface area contributed by atoms with Crippen molar-refractivity contribution in [1.82, 2.24) is 5.48 Å². The van der Waals surface area contributed by atoms with Gasteiger partial charge in [0.1, 0.15) is 12.4 Å². The Morgan fingerprint density at radius 3 is 1.61 bits per heavy atom. The highest BCUT2D eigenvalue weighted by atomic mass is 28.4. The lowest BCUT2D eigenvalue weighted by Crippen LogP contribution is -2.74. The van der Waals surface area contributed by atoms with Gasteiger partial charge in [0.25, 0.3) is 5.91 Å². The molecule has 0 aromatic heterocycles. The second kappa shape index (κ2) is 17.8. The van der Waals surface area contributed by atoms with E-state index in [0.29, 0.717) is 11.1 Å². The molecule has 0 aliphatic heterocycles. The summed E-state index contributed by atoms with van der Waals surface area (Å²) in [7, 11) is -3.95. The number of ether oxygens (including phenoxy) is 1. The Morgan fingerprint density at radius 1 is 0.732 bits per heavy atom. The molecule has 1 amide bonds. The number of allylic oxidation sites excluding steroid dienone is 2. The highest BCUT2D eigenvalue weighted by Crippen LogP contribution is 2.64. The predicted molar refractivity (Wildman–Crippen MR) is 166 cm³/mol. The van der Waals surface area contributed by atoms with E-state index < -0.39 is 98.1 Å². The van der Waals surface area contributed by atoms with Gasteiger partial charge >= 0.3 is 47.6 Å². The maximum Gasteiger partial charge on any atom is 0.460 e. The summed E-state index contributed by atoms with van der Waals surface area (Å²) in [5.74, 6) is -57.3. The van der Waals surface area contributed by atoms with Gasteiger partial charge < -0.3 is 14.3 Å². The van der Waals surface area contributed by atoms with E-state index in [1.807, 2.05) is 0 Å². The molecule has 0 spiro atoms. The van der Waals surface area contributed by atoms with Crippen LogP contribution in [-0.2, 0) is 9.22 Å². The zero-order valence-electron chi connectivity index (χ0n) is 29.9. The van der Waals surface area contributed by atoms with Gasteiger partial charge in [0, 0.05) is 12.5 Å². The van der Waals surface area contributed by atoms with E-state index in [1.165, 1.54) is 69.6 Å². The molecular formula is C32H38F17NO5Si. The fraction of sp³-hybridized carbons (Fsp3) is 0.656. The van der Waals surface area contributed by atoms with E-state index in [1.54, 1.807) is 6.92 Å². The SMILES string of the molecule is CC(/C=C/C[C@H](O)c1ccc(OCCO[Si](CCC(F)(F)C(F)(F)C(F)(F)C(F)(F)C(F)(F)C(F)(F)C(F)(F)C(F)(F)F)(C(C)C)C(C)C)cc1)=C\C(=O)NO. The first-order chi connectivity index (χ1) is 25.1. The molecule has 0 saturated carbocycles. The molecule has 1 aromatic rings. The number of rotatable bonds is 21. The molecule has 0 aliphatic carbocycles. The Hall–Kier alpha value is -3.12. The van der Waals surface area contributed by atoms with Gasteiger partial charge in [-0.25, -0.2) is 5.48 Å². The number of carbonyl (C=O) groups excluding carboxylic acids is 1. The molecule has 0 unspecified atom stereocenters. The molecule has 6 nitrogen and oxygen atoms in total. The summed E-state index contributed by atoms with van der Waals surface area (Å²) in [6.07, 6.45) is -7.20. The minimum absolute atomic E-state index is 0.0887. The van der Waals surface area contributed by atoms with Crippen LogP contribution in [-0.4, -0.2) is 85.4 Å². The monoisotopic (exact) mass is 867 g/mol. The third-order valence-electron chi connectivity index (χ3n) is 8.77. The van der Waals surface area contributed by atoms with Crippen LogP contribution in [0.5, 0.6) is 5.75 Å². The lowest BCUT2D eigenvalue weighted by atomic mass is 9.88. The van der Waals surface area contributed by atoms with Gasteiger partial charge in [-0.15, -0.1) is 0 Å². The van der Waals surface area contributed by atoms with E-state index in [0.717, 1.165) is 6.08 Å². The minimum Gasteiger partial charge on any atom is -0.491 e. The highest BCUT2D eigenvalue weighted by Gasteiger charge is 2.95. The van der Waals surface area contributed by atoms with Crippen molar-refractivity contribution in [3.8, 4) is 5.75 Å². The first-order valence-electron chi connectivity index (χ1n) is 16.1. The van der Waals surface area contributed by atoms with Gasteiger partial charge in [-0.05, 0) is 53.7 Å². The van der Waals surface area contributed by atoms with Crippen LogP contribution in [0.1, 0.15) is 59.1 Å². The molecule has 56 heavy (non-hydrogen) atoms. The average molecular weight is 868 g/mol. The second-order valence-corrected chi connectivity index (χ2v) is 18.2. The Kier molecular flexibility index (Phi) is 16.2. The number of hydrogen-bond acceptors (Lipinski definition) is 5. The molecule has 24 heteroatoms. The van der Waals surface area contributed by atoms with Crippen LogP contribution in [0, 0.1) is 0 Å². The topological polar surface area (TPSA) is 88.0 Å². The van der Waals surface area contributed by atoms with Gasteiger partial charge in [-0.1, -0.05) is 52.0 Å². The van der Waals surface area contributed by atoms with Gasteiger partial charge in [0.2, 0.25) is 0 Å². The van der Waals surface area contributed by atoms with Crippen LogP contribution in [0.3, 0.4) is 0 Å². The minimum atomic E-state index is -8.68. The second-order valence-electron chi connectivity index (χ2n) is 13.2. The summed E-state index contributed by atoms with van der Waals surface area (Å²) >= 11 is 0. The van der Waals surface area contributed by atoms with Gasteiger partial charge in [-0.2, -0.15) is 74.6 Å². The summed E-state index contributed by atoms with van der Waals surface area (Å²) in [4.78, 5) is 11.1. The van der Waals surface area contributed by atoms with E-state index in [-0.39, 0.29) is 18.8 Å². The van der Waals surface area contributed by atoms with E-state index in [2.05, 4.69) is 0 Å². The number of benzene rings is 1. The van der Waals surface area contributed by atoms with Crippen molar-refractivity contribution in [1.29, 1.82) is 0 Å². The smallest absolute Gasteiger partial charge is 0.460 e. The number of hydroxylamine groups is 1. The lowest BCUT2D eigenvalue weighted by Gasteiger charge is -2.44. The van der Waals surface area contributed by atoms with Gasteiger partial charge in [0.05, 0.1) is 12.7 Å². The fourth-order valence-corrected chi connectivity index (χ4v) is 9.81. The van der Waals surface area contributed by atoms with Crippen molar-refractivity contribution in [3.05, 3.63) is 53.6 Å². The molecule has 0 fully saturated rings. The number of aliphatic hydroxyl groups excluding tert-OH is 1. The summed E-state index contributed by atoms with van der Waals surface area (Å²) in [6.45, 7) is 5.94. The Bertz CT molecular complexity index is 1510. The van der Waals surface area contributed by atoms with Crippen LogP contribution in [0.25, 0.3) is 0 Å². The van der Waals surface area contributed by atoms with Crippen molar-refractivity contribution < 1.29 is 98.9 Å². The standard InChI is InChI=1S/C32H38F17NO5Si/c1-18(2)56(19(3)4,55-15-14-54-22-11-9-21(10-12-22)23(51)8-6-7-20(5)17-24(52)50-53)16-13-25(33,34)26(35,36)27(37,38)28(39,40)29(41,42)30(43,44)31(45,46)32(47,48)49/h6-7,9-12,17-19,23,51,53H,8,13-16H2,1-5H3,(H,50,52)/b7-6+,20-17+/t23-/m0/s1. The third kappa shape index (κ3) is 9.93. The lowest BCUT2D eigenvalue weighted by molar-refractivity contribution is -0.461. The van der Waals surface area contributed by atoms with Crippen molar-refractivity contribution in [2.45, 2.75) is 118 Å². The Labute approximate surface area is 309 Å². The van der Waals surface area contributed by atoms with Gasteiger partial charge in [-0.3, -0.25) is 10.0 Å².